The van der Waals surface area contributed by atoms with Gasteiger partial charge in [-0.3, -0.25) is 0 Å². The lowest BCUT2D eigenvalue weighted by Crippen LogP contribution is -2.46. The van der Waals surface area contributed by atoms with Gasteiger partial charge in [0.1, 0.15) is 5.82 Å². The maximum Gasteiger partial charge on any atom is 0.243 e. The lowest BCUT2D eigenvalue weighted by molar-refractivity contribution is 0.360. The van der Waals surface area contributed by atoms with Gasteiger partial charge in [-0.05, 0) is 18.2 Å². The topological polar surface area (TPSA) is 49.4 Å². The zero-order valence-electron chi connectivity index (χ0n) is 9.40. The summed E-state index contributed by atoms with van der Waals surface area (Å²) in [4.78, 5) is -0.0931. The Labute approximate surface area is 117 Å². The van der Waals surface area contributed by atoms with Gasteiger partial charge in [-0.2, -0.15) is 4.31 Å². The first-order valence-electron chi connectivity index (χ1n) is 5.17. The molecule has 0 bridgehead atoms. The highest BCUT2D eigenvalue weighted by Gasteiger charge is 2.26. The maximum absolute atomic E-state index is 13.1. The van der Waals surface area contributed by atoms with Gasteiger partial charge in [0, 0.05) is 31.2 Å². The molecule has 0 spiro atoms. The lowest BCUT2D eigenvalue weighted by Gasteiger charge is -2.26. The largest absolute Gasteiger partial charge is 0.314 e. The Morgan fingerprint density at radius 2 is 1.83 bits per heavy atom. The van der Waals surface area contributed by atoms with E-state index < -0.39 is 15.8 Å². The molecule has 1 aromatic rings. The van der Waals surface area contributed by atoms with E-state index in [9.17, 15) is 12.8 Å². The molecule has 1 saturated heterocycles. The van der Waals surface area contributed by atoms with Crippen LogP contribution in [0.25, 0.3) is 0 Å². The summed E-state index contributed by atoms with van der Waals surface area (Å²) in [6.45, 7) is 1.97. The van der Waals surface area contributed by atoms with Gasteiger partial charge in [0.05, 0.1) is 4.90 Å². The monoisotopic (exact) mass is 314 g/mol. The third-order valence-corrected chi connectivity index (χ3v) is 4.64. The molecule has 1 N–H and O–H groups in total. The zero-order valence-corrected chi connectivity index (χ0v) is 11.8. The second-order valence-corrected chi connectivity index (χ2v) is 6.13. The quantitative estimate of drug-likeness (QED) is 0.900. The fraction of sp³-hybridized carbons (Fsp3) is 0.400. The molecular formula is C10H13Cl2FN2O2S. The fourth-order valence-corrected chi connectivity index (χ4v) is 3.50. The summed E-state index contributed by atoms with van der Waals surface area (Å²) in [6.07, 6.45) is 0. The Morgan fingerprint density at radius 3 is 2.39 bits per heavy atom. The molecule has 0 aliphatic carbocycles. The van der Waals surface area contributed by atoms with Gasteiger partial charge in [0.25, 0.3) is 0 Å². The van der Waals surface area contributed by atoms with Crippen molar-refractivity contribution in [1.82, 2.24) is 9.62 Å². The van der Waals surface area contributed by atoms with Crippen molar-refractivity contribution in [3.8, 4) is 0 Å². The number of piperazine rings is 1. The van der Waals surface area contributed by atoms with Crippen molar-refractivity contribution >= 4 is 34.0 Å². The average Bonchev–Trinajstić information content (AvgIpc) is 2.29. The molecule has 4 nitrogen and oxygen atoms in total. The average molecular weight is 315 g/mol. The molecule has 0 radical (unpaired) electrons. The molecule has 1 aromatic carbocycles. The van der Waals surface area contributed by atoms with E-state index in [4.69, 9.17) is 11.6 Å². The Hall–Kier alpha value is -0.400. The Morgan fingerprint density at radius 1 is 1.22 bits per heavy atom. The number of hydrogen-bond acceptors (Lipinski definition) is 3. The molecular weight excluding hydrogens is 302 g/mol. The summed E-state index contributed by atoms with van der Waals surface area (Å²) < 4.78 is 38.8. The van der Waals surface area contributed by atoms with E-state index in [2.05, 4.69) is 5.32 Å². The molecule has 0 unspecified atom stereocenters. The van der Waals surface area contributed by atoms with Crippen LogP contribution in [0, 0.1) is 5.82 Å². The predicted octanol–water partition coefficient (Wildman–Crippen LogP) is 1.49. The molecule has 1 aliphatic heterocycles. The maximum atomic E-state index is 13.1. The third-order valence-electron chi connectivity index (χ3n) is 2.55. The van der Waals surface area contributed by atoms with E-state index in [0.29, 0.717) is 26.2 Å². The highest BCUT2D eigenvalue weighted by molar-refractivity contribution is 7.89. The van der Waals surface area contributed by atoms with Crippen LogP contribution in [-0.2, 0) is 10.0 Å². The third kappa shape index (κ3) is 3.33. The Bertz CT molecular complexity index is 498. The number of nitrogens with zero attached hydrogens (tertiary/aromatic N) is 1. The number of nitrogens with one attached hydrogen (secondary N) is 1. The number of sulfonamides is 1. The van der Waals surface area contributed by atoms with Crippen LogP contribution in [0.5, 0.6) is 0 Å². The molecule has 0 amide bonds. The van der Waals surface area contributed by atoms with Gasteiger partial charge in [0.15, 0.2) is 0 Å². The summed E-state index contributed by atoms with van der Waals surface area (Å²) >= 11 is 5.66. The van der Waals surface area contributed by atoms with Gasteiger partial charge in [0.2, 0.25) is 10.0 Å². The van der Waals surface area contributed by atoms with Crippen molar-refractivity contribution < 1.29 is 12.8 Å². The van der Waals surface area contributed by atoms with Crippen LogP contribution in [-0.4, -0.2) is 38.9 Å². The molecule has 0 saturated carbocycles. The smallest absolute Gasteiger partial charge is 0.243 e. The van der Waals surface area contributed by atoms with Crippen molar-refractivity contribution in [2.45, 2.75) is 4.90 Å². The first-order chi connectivity index (χ1) is 8.00. The van der Waals surface area contributed by atoms with E-state index in [0.717, 1.165) is 12.1 Å². The fourth-order valence-electron chi connectivity index (χ4n) is 1.71. The summed E-state index contributed by atoms with van der Waals surface area (Å²) in [5.74, 6) is -0.647. The van der Waals surface area contributed by atoms with Crippen LogP contribution in [0.2, 0.25) is 5.02 Å². The van der Waals surface area contributed by atoms with Gasteiger partial charge in [-0.1, -0.05) is 11.6 Å². The minimum Gasteiger partial charge on any atom is -0.314 e. The second-order valence-electron chi connectivity index (χ2n) is 3.76. The van der Waals surface area contributed by atoms with E-state index in [1.807, 2.05) is 0 Å². The van der Waals surface area contributed by atoms with Crippen molar-refractivity contribution in [2.24, 2.45) is 0 Å². The van der Waals surface area contributed by atoms with Crippen LogP contribution in [0.1, 0.15) is 0 Å². The van der Waals surface area contributed by atoms with Crippen LogP contribution >= 0.6 is 24.0 Å². The number of hydrogen-bond donors (Lipinski definition) is 1. The number of halogens is 3. The first-order valence-corrected chi connectivity index (χ1v) is 6.99. The van der Waals surface area contributed by atoms with Gasteiger partial charge >= 0.3 is 0 Å². The van der Waals surface area contributed by atoms with E-state index >= 15 is 0 Å². The zero-order chi connectivity index (χ0) is 12.5. The summed E-state index contributed by atoms with van der Waals surface area (Å²) in [7, 11) is -3.64. The van der Waals surface area contributed by atoms with Crippen LogP contribution < -0.4 is 5.32 Å². The first kappa shape index (κ1) is 15.7. The minimum absolute atomic E-state index is 0. The lowest BCUT2D eigenvalue weighted by atomic mass is 10.3. The highest BCUT2D eigenvalue weighted by Crippen LogP contribution is 2.21. The predicted molar refractivity (Wildman–Crippen MR) is 70.3 cm³/mol. The second kappa shape index (κ2) is 6.16. The molecule has 2 rings (SSSR count). The molecule has 0 aromatic heterocycles. The molecule has 18 heavy (non-hydrogen) atoms. The van der Waals surface area contributed by atoms with Crippen molar-refractivity contribution in [1.29, 1.82) is 0 Å². The summed E-state index contributed by atoms with van der Waals surface area (Å²) in [5.41, 5.74) is 0. The number of benzene rings is 1. The highest BCUT2D eigenvalue weighted by atomic mass is 35.5. The van der Waals surface area contributed by atoms with Crippen LogP contribution in [0.3, 0.4) is 0 Å². The van der Waals surface area contributed by atoms with E-state index in [1.165, 1.54) is 10.4 Å². The SMILES string of the molecule is Cl.O=S(=O)(c1cc(F)cc(Cl)c1)N1CCNCC1. The molecule has 0 atom stereocenters. The van der Waals surface area contributed by atoms with Gasteiger partial charge in [-0.15, -0.1) is 12.4 Å². The Balaban J connectivity index is 0.00000162. The molecule has 1 fully saturated rings. The summed E-state index contributed by atoms with van der Waals surface area (Å²) in [5, 5.41) is 3.14. The van der Waals surface area contributed by atoms with Crippen LogP contribution in [0.15, 0.2) is 23.1 Å². The van der Waals surface area contributed by atoms with E-state index in [1.54, 1.807) is 0 Å². The van der Waals surface area contributed by atoms with E-state index in [-0.39, 0.29) is 22.3 Å². The minimum atomic E-state index is -3.64. The van der Waals surface area contributed by atoms with Crippen molar-refractivity contribution in [3.05, 3.63) is 29.0 Å². The number of rotatable bonds is 2. The van der Waals surface area contributed by atoms with Crippen LogP contribution in [0.4, 0.5) is 4.39 Å². The molecule has 1 aliphatic rings. The Kier molecular flexibility index (Phi) is 5.36. The standard InChI is InChI=1S/C10H12ClFN2O2S.ClH/c11-8-5-9(12)7-10(6-8)17(15,16)14-3-1-13-2-4-14;/h5-7,13H,1-4H2;1H. The van der Waals surface area contributed by atoms with Gasteiger partial charge in [-0.25, -0.2) is 12.8 Å². The van der Waals surface area contributed by atoms with Gasteiger partial charge < -0.3 is 5.32 Å². The molecule has 8 heteroatoms. The molecule has 1 heterocycles. The normalized spacial score (nSPS) is 17.2. The van der Waals surface area contributed by atoms with Crippen molar-refractivity contribution in [3.63, 3.8) is 0 Å². The molecule has 102 valence electrons. The van der Waals surface area contributed by atoms with Crippen molar-refractivity contribution in [2.75, 3.05) is 26.2 Å². The summed E-state index contributed by atoms with van der Waals surface area (Å²) in [6, 6.07) is 3.34.